The summed E-state index contributed by atoms with van der Waals surface area (Å²) in [6.45, 7) is 8.09. The average Bonchev–Trinajstić information content (AvgIpc) is 2.85. The van der Waals surface area contributed by atoms with Crippen LogP contribution in [0.3, 0.4) is 0 Å². The van der Waals surface area contributed by atoms with Crippen molar-refractivity contribution in [1.29, 1.82) is 0 Å². The molecule has 2 aromatic rings. The molecule has 7 nitrogen and oxygen atoms in total. The molecule has 0 unspecified atom stereocenters. The van der Waals surface area contributed by atoms with Gasteiger partial charge in [0.15, 0.2) is 0 Å². The van der Waals surface area contributed by atoms with Crippen LogP contribution in [0.4, 0.5) is 10.5 Å². The number of benzene rings is 2. The number of carbonyl (C=O) groups is 2. The van der Waals surface area contributed by atoms with Gasteiger partial charge in [-0.25, -0.2) is 9.59 Å². The third-order valence-electron chi connectivity index (χ3n) is 6.25. The minimum absolute atomic E-state index is 0.275. The van der Waals surface area contributed by atoms with Gasteiger partial charge in [-0.2, -0.15) is 0 Å². The molecule has 4 rings (SSSR count). The first-order valence-corrected chi connectivity index (χ1v) is 12.9. The highest BCUT2D eigenvalue weighted by Crippen LogP contribution is 2.30. The number of esters is 1. The molecule has 2 N–H and O–H groups in total. The van der Waals surface area contributed by atoms with Crippen molar-refractivity contribution in [3.05, 3.63) is 70.9 Å². The Labute approximate surface area is 205 Å². The first-order chi connectivity index (χ1) is 16.5. The number of nitrogens with zero attached hydrogens (tertiary/aromatic N) is 2. The number of nitrogens with one attached hydrogen (secondary N) is 2. The van der Waals surface area contributed by atoms with E-state index < -0.39 is 12.0 Å². The van der Waals surface area contributed by atoms with E-state index in [1.807, 2.05) is 30.5 Å². The molecule has 0 saturated carbocycles. The normalized spacial score (nSPS) is 19.0. The van der Waals surface area contributed by atoms with Crippen molar-refractivity contribution in [1.82, 2.24) is 15.5 Å². The van der Waals surface area contributed by atoms with Gasteiger partial charge in [0.25, 0.3) is 0 Å². The zero-order chi connectivity index (χ0) is 24.1. The molecule has 0 radical (unpaired) electrons. The number of piperazine rings is 1. The number of rotatable bonds is 7. The van der Waals surface area contributed by atoms with E-state index in [9.17, 15) is 9.59 Å². The fraction of sp³-hybridized carbons (Fsp3) is 0.385. The third kappa shape index (κ3) is 5.56. The van der Waals surface area contributed by atoms with E-state index in [2.05, 4.69) is 51.6 Å². The molecule has 2 aliphatic heterocycles. The van der Waals surface area contributed by atoms with Crippen LogP contribution in [-0.2, 0) is 9.53 Å². The topological polar surface area (TPSA) is 73.9 Å². The lowest BCUT2D eigenvalue weighted by Crippen LogP contribution is -2.51. The minimum Gasteiger partial charge on any atom is -0.463 e. The van der Waals surface area contributed by atoms with Crippen molar-refractivity contribution < 1.29 is 14.3 Å². The number of hydrogen-bond donors (Lipinski definition) is 2. The van der Waals surface area contributed by atoms with Gasteiger partial charge in [0.1, 0.15) is 0 Å². The molecule has 8 heteroatoms. The fourth-order valence-corrected chi connectivity index (χ4v) is 4.79. The highest BCUT2D eigenvalue weighted by Gasteiger charge is 2.34. The molecule has 0 aliphatic carbocycles. The zero-order valence-corrected chi connectivity index (χ0v) is 20.8. The Hall–Kier alpha value is -2.97. The molecule has 2 aliphatic rings. The number of urea groups is 1. The lowest BCUT2D eigenvalue weighted by Gasteiger charge is -2.38. The maximum Gasteiger partial charge on any atom is 0.338 e. The lowest BCUT2D eigenvalue weighted by molar-refractivity contribution is -0.139. The summed E-state index contributed by atoms with van der Waals surface area (Å²) >= 11 is 1.65. The zero-order valence-electron chi connectivity index (χ0n) is 20.0. The van der Waals surface area contributed by atoms with Crippen molar-refractivity contribution in [3.8, 4) is 0 Å². The summed E-state index contributed by atoms with van der Waals surface area (Å²) in [5.41, 5.74) is 4.42. The van der Waals surface area contributed by atoms with Gasteiger partial charge in [0.05, 0.1) is 18.2 Å². The first kappa shape index (κ1) is 24.2. The Balaban J connectivity index is 1.54. The van der Waals surface area contributed by atoms with E-state index in [4.69, 9.17) is 4.74 Å². The predicted molar refractivity (Wildman–Crippen MR) is 136 cm³/mol. The van der Waals surface area contributed by atoms with E-state index in [0.717, 1.165) is 36.6 Å². The number of carbonyl (C=O) groups excluding carboxylic acids is 2. The standard InChI is InChI=1S/C26H32N4O3S/c1-4-33-25(31)23-22(27-26(32)28-24(23)19-7-11-21(34-3)12-8-19)17-29-13-15-30(16-14-29)20-9-5-18(2)6-10-20/h5-12,24H,4,13-17H2,1-3H3,(H2,27,28,32)/t24-/m1/s1. The molecule has 34 heavy (non-hydrogen) atoms. The van der Waals surface area contributed by atoms with Gasteiger partial charge in [-0.05, 0) is 49.9 Å². The summed E-state index contributed by atoms with van der Waals surface area (Å²) in [5, 5.41) is 5.81. The van der Waals surface area contributed by atoms with E-state index in [0.29, 0.717) is 17.8 Å². The Morgan fingerprint density at radius 3 is 2.35 bits per heavy atom. The summed E-state index contributed by atoms with van der Waals surface area (Å²) in [6.07, 6.45) is 2.02. The largest absolute Gasteiger partial charge is 0.463 e. The Bertz CT molecular complexity index is 1040. The summed E-state index contributed by atoms with van der Waals surface area (Å²) in [5.74, 6) is -0.401. The lowest BCUT2D eigenvalue weighted by atomic mass is 9.95. The smallest absolute Gasteiger partial charge is 0.338 e. The monoisotopic (exact) mass is 480 g/mol. The number of thioether (sulfide) groups is 1. The summed E-state index contributed by atoms with van der Waals surface area (Å²) in [6, 6.07) is 15.6. The van der Waals surface area contributed by atoms with Crippen molar-refractivity contribution >= 4 is 29.4 Å². The van der Waals surface area contributed by atoms with Crippen LogP contribution in [0.1, 0.15) is 24.1 Å². The fourth-order valence-electron chi connectivity index (χ4n) is 4.38. The molecule has 2 aromatic carbocycles. The molecule has 0 bridgehead atoms. The summed E-state index contributed by atoms with van der Waals surface area (Å²) in [7, 11) is 0. The Morgan fingerprint density at radius 1 is 1.06 bits per heavy atom. The van der Waals surface area contributed by atoms with Crippen LogP contribution in [0.25, 0.3) is 0 Å². The van der Waals surface area contributed by atoms with E-state index in [1.165, 1.54) is 11.3 Å². The number of amides is 2. The van der Waals surface area contributed by atoms with Gasteiger partial charge in [-0.1, -0.05) is 29.8 Å². The van der Waals surface area contributed by atoms with Crippen molar-refractivity contribution in [3.63, 3.8) is 0 Å². The van der Waals surface area contributed by atoms with Gasteiger partial charge in [0, 0.05) is 49.0 Å². The number of ether oxygens (including phenoxy) is 1. The number of hydrogen-bond acceptors (Lipinski definition) is 6. The molecule has 0 aromatic heterocycles. The summed E-state index contributed by atoms with van der Waals surface area (Å²) < 4.78 is 5.40. The maximum atomic E-state index is 13.0. The number of aryl methyl sites for hydroxylation is 1. The predicted octanol–water partition coefficient (Wildman–Crippen LogP) is 3.71. The maximum absolute atomic E-state index is 13.0. The van der Waals surface area contributed by atoms with Crippen LogP contribution >= 0.6 is 11.8 Å². The van der Waals surface area contributed by atoms with E-state index in [-0.39, 0.29) is 12.6 Å². The molecule has 1 fully saturated rings. The SMILES string of the molecule is CCOC(=O)C1=C(CN2CCN(c3ccc(C)cc3)CC2)NC(=O)N[C@@H]1c1ccc(SC)cc1. The van der Waals surface area contributed by atoms with E-state index >= 15 is 0 Å². The Kier molecular flexibility index (Phi) is 7.80. The first-order valence-electron chi connectivity index (χ1n) is 11.6. The third-order valence-corrected chi connectivity index (χ3v) is 6.99. The van der Waals surface area contributed by atoms with Gasteiger partial charge in [-0.3, -0.25) is 4.90 Å². The molecular formula is C26H32N4O3S. The molecular weight excluding hydrogens is 448 g/mol. The molecule has 1 saturated heterocycles. The van der Waals surface area contributed by atoms with Crippen LogP contribution in [0.2, 0.25) is 0 Å². The van der Waals surface area contributed by atoms with Crippen LogP contribution in [0.15, 0.2) is 64.7 Å². The molecule has 180 valence electrons. The number of anilines is 1. The highest BCUT2D eigenvalue weighted by atomic mass is 32.2. The van der Waals surface area contributed by atoms with Crippen LogP contribution in [-0.4, -0.2) is 62.5 Å². The highest BCUT2D eigenvalue weighted by molar-refractivity contribution is 7.98. The van der Waals surface area contributed by atoms with Crippen LogP contribution in [0.5, 0.6) is 0 Å². The average molecular weight is 481 g/mol. The van der Waals surface area contributed by atoms with E-state index in [1.54, 1.807) is 18.7 Å². The van der Waals surface area contributed by atoms with Crippen molar-refractivity contribution in [2.24, 2.45) is 0 Å². The second-order valence-corrected chi connectivity index (χ2v) is 9.40. The van der Waals surface area contributed by atoms with Crippen LogP contribution < -0.4 is 15.5 Å². The van der Waals surface area contributed by atoms with Gasteiger partial charge >= 0.3 is 12.0 Å². The minimum atomic E-state index is -0.549. The molecule has 0 spiro atoms. The second-order valence-electron chi connectivity index (χ2n) is 8.52. The second kappa shape index (κ2) is 11.0. The molecule has 2 heterocycles. The van der Waals surface area contributed by atoms with Gasteiger partial charge < -0.3 is 20.3 Å². The van der Waals surface area contributed by atoms with Crippen molar-refractivity contribution in [2.75, 3.05) is 50.5 Å². The quantitative estimate of drug-likeness (QED) is 0.465. The van der Waals surface area contributed by atoms with Gasteiger partial charge in [0.2, 0.25) is 0 Å². The molecule has 1 atom stereocenters. The Morgan fingerprint density at radius 2 is 1.74 bits per heavy atom. The van der Waals surface area contributed by atoms with Gasteiger partial charge in [-0.15, -0.1) is 11.8 Å². The molecule has 2 amide bonds. The summed E-state index contributed by atoms with van der Waals surface area (Å²) in [4.78, 5) is 31.4. The van der Waals surface area contributed by atoms with Crippen LogP contribution in [0, 0.1) is 6.92 Å². The van der Waals surface area contributed by atoms with Crippen molar-refractivity contribution in [2.45, 2.75) is 24.8 Å².